The summed E-state index contributed by atoms with van der Waals surface area (Å²) in [4.78, 5) is 15.5. The van der Waals surface area contributed by atoms with E-state index in [9.17, 15) is 9.90 Å². The number of hydrogen-bond donors (Lipinski definition) is 4. The van der Waals surface area contributed by atoms with Crippen molar-refractivity contribution in [2.75, 3.05) is 10.6 Å². The van der Waals surface area contributed by atoms with Crippen LogP contribution in [0, 0.1) is 0 Å². The van der Waals surface area contributed by atoms with Crippen LogP contribution in [0.25, 0.3) is 5.65 Å². The number of anilines is 3. The summed E-state index contributed by atoms with van der Waals surface area (Å²) in [5, 5.41) is 20.5. The molecule has 8 heteroatoms. The third-order valence-corrected chi connectivity index (χ3v) is 4.87. The van der Waals surface area contributed by atoms with E-state index in [1.54, 1.807) is 35.1 Å². The number of aromatic carboxylic acids is 1. The van der Waals surface area contributed by atoms with E-state index in [0.29, 0.717) is 23.4 Å². The van der Waals surface area contributed by atoms with Gasteiger partial charge < -0.3 is 21.5 Å². The number of imidazole rings is 1. The van der Waals surface area contributed by atoms with E-state index < -0.39 is 5.97 Å². The number of nitrogens with one attached hydrogen (secondary N) is 2. The SMILES string of the molecule is NC1CCC(Nc2cc(Nc3cccc(C(=O)O)c3)c3nccn3n2)CC1. The molecule has 8 nitrogen and oxygen atoms in total. The molecular formula is C19H22N6O2. The quantitative estimate of drug-likeness (QED) is 0.548. The van der Waals surface area contributed by atoms with Crippen LogP contribution in [0.5, 0.6) is 0 Å². The van der Waals surface area contributed by atoms with E-state index in [2.05, 4.69) is 20.7 Å². The second-order valence-corrected chi connectivity index (χ2v) is 6.91. The molecule has 0 radical (unpaired) electrons. The zero-order chi connectivity index (χ0) is 18.8. The Balaban J connectivity index is 1.61. The number of nitrogens with zero attached hydrogens (tertiary/aromatic N) is 3. The van der Waals surface area contributed by atoms with Gasteiger partial charge in [0.05, 0.1) is 11.3 Å². The van der Waals surface area contributed by atoms with E-state index in [-0.39, 0.29) is 5.56 Å². The van der Waals surface area contributed by atoms with Crippen LogP contribution >= 0.6 is 0 Å². The van der Waals surface area contributed by atoms with Crippen molar-refractivity contribution in [3.63, 3.8) is 0 Å². The van der Waals surface area contributed by atoms with Gasteiger partial charge in [0.1, 0.15) is 5.82 Å². The first-order chi connectivity index (χ1) is 13.1. The normalized spacial score (nSPS) is 19.7. The van der Waals surface area contributed by atoms with Crippen LogP contribution in [0.3, 0.4) is 0 Å². The molecule has 3 aromatic rings. The number of carbonyl (C=O) groups is 1. The van der Waals surface area contributed by atoms with Gasteiger partial charge in [-0.15, -0.1) is 5.10 Å². The molecule has 1 aliphatic carbocycles. The number of carboxylic acid groups (broad SMARTS) is 1. The van der Waals surface area contributed by atoms with Crippen LogP contribution in [-0.2, 0) is 0 Å². The second-order valence-electron chi connectivity index (χ2n) is 6.91. The van der Waals surface area contributed by atoms with Crippen LogP contribution in [0.4, 0.5) is 17.2 Å². The Bertz CT molecular complexity index is 962. The highest BCUT2D eigenvalue weighted by Gasteiger charge is 2.19. The van der Waals surface area contributed by atoms with E-state index >= 15 is 0 Å². The van der Waals surface area contributed by atoms with Crippen LogP contribution in [-0.4, -0.2) is 37.8 Å². The smallest absolute Gasteiger partial charge is 0.335 e. The van der Waals surface area contributed by atoms with Gasteiger partial charge in [0.2, 0.25) is 0 Å². The summed E-state index contributed by atoms with van der Waals surface area (Å²) in [5.74, 6) is -0.213. The Morgan fingerprint density at radius 1 is 1.22 bits per heavy atom. The standard InChI is InChI=1S/C19H22N6O2/c20-13-4-6-14(7-5-13)23-17-11-16(18-21-8-9-25(18)24-17)22-15-3-1-2-12(10-15)19(26)27/h1-3,8-11,13-14,22H,4-7,20H2,(H,23,24)(H,26,27). The largest absolute Gasteiger partial charge is 0.478 e. The molecule has 1 fully saturated rings. The molecule has 2 heterocycles. The molecule has 0 unspecified atom stereocenters. The fourth-order valence-electron chi connectivity index (χ4n) is 3.44. The molecule has 1 aliphatic rings. The van der Waals surface area contributed by atoms with Crippen molar-refractivity contribution < 1.29 is 9.90 Å². The van der Waals surface area contributed by atoms with Gasteiger partial charge in [-0.2, -0.15) is 0 Å². The zero-order valence-corrected chi connectivity index (χ0v) is 14.8. The van der Waals surface area contributed by atoms with Crippen LogP contribution in [0.2, 0.25) is 0 Å². The summed E-state index contributed by atoms with van der Waals surface area (Å²) in [6.07, 6.45) is 7.54. The van der Waals surface area contributed by atoms with Gasteiger partial charge in [-0.3, -0.25) is 0 Å². The third kappa shape index (κ3) is 3.85. The van der Waals surface area contributed by atoms with Crippen molar-refractivity contribution in [2.24, 2.45) is 5.73 Å². The third-order valence-electron chi connectivity index (χ3n) is 4.87. The van der Waals surface area contributed by atoms with Gasteiger partial charge in [0.15, 0.2) is 5.65 Å². The number of nitrogens with two attached hydrogens (primary N) is 1. The minimum Gasteiger partial charge on any atom is -0.478 e. The summed E-state index contributed by atoms with van der Waals surface area (Å²) in [5.41, 5.74) is 8.33. The second kappa shape index (κ2) is 7.24. The van der Waals surface area contributed by atoms with Crippen LogP contribution in [0.1, 0.15) is 36.0 Å². The molecule has 5 N–H and O–H groups in total. The minimum atomic E-state index is -0.961. The number of benzene rings is 1. The van der Waals surface area contributed by atoms with Crippen molar-refractivity contribution in [1.29, 1.82) is 0 Å². The van der Waals surface area contributed by atoms with E-state index in [0.717, 1.165) is 37.2 Å². The maximum atomic E-state index is 11.2. The van der Waals surface area contributed by atoms with E-state index in [1.807, 2.05) is 12.1 Å². The molecular weight excluding hydrogens is 344 g/mol. The molecule has 1 saturated carbocycles. The maximum Gasteiger partial charge on any atom is 0.335 e. The van der Waals surface area contributed by atoms with Gasteiger partial charge in [-0.05, 0) is 43.9 Å². The summed E-state index contributed by atoms with van der Waals surface area (Å²) in [6, 6.07) is 9.24. The summed E-state index contributed by atoms with van der Waals surface area (Å²) >= 11 is 0. The highest BCUT2D eigenvalue weighted by atomic mass is 16.4. The molecule has 1 aromatic carbocycles. The average molecular weight is 366 g/mol. The predicted molar refractivity (Wildman–Crippen MR) is 104 cm³/mol. The summed E-state index contributed by atoms with van der Waals surface area (Å²) in [6.45, 7) is 0. The lowest BCUT2D eigenvalue weighted by Crippen LogP contribution is -2.33. The monoisotopic (exact) mass is 366 g/mol. The van der Waals surface area contributed by atoms with E-state index in [1.165, 1.54) is 0 Å². The lowest BCUT2D eigenvalue weighted by molar-refractivity contribution is 0.0697. The fraction of sp³-hybridized carbons (Fsp3) is 0.316. The first-order valence-electron chi connectivity index (χ1n) is 9.05. The summed E-state index contributed by atoms with van der Waals surface area (Å²) in [7, 11) is 0. The van der Waals surface area contributed by atoms with Gasteiger partial charge in [-0.25, -0.2) is 14.3 Å². The van der Waals surface area contributed by atoms with Crippen molar-refractivity contribution in [2.45, 2.75) is 37.8 Å². The molecule has 0 spiro atoms. The Morgan fingerprint density at radius 2 is 2.04 bits per heavy atom. The van der Waals surface area contributed by atoms with Gasteiger partial charge in [-0.1, -0.05) is 6.07 Å². The van der Waals surface area contributed by atoms with Gasteiger partial charge >= 0.3 is 5.97 Å². The maximum absolute atomic E-state index is 11.2. The molecule has 0 amide bonds. The highest BCUT2D eigenvalue weighted by Crippen LogP contribution is 2.26. The van der Waals surface area contributed by atoms with Gasteiger partial charge in [0, 0.05) is 36.2 Å². The number of fused-ring (bicyclic) bond motifs is 1. The highest BCUT2D eigenvalue weighted by molar-refractivity contribution is 5.89. The molecule has 0 bridgehead atoms. The lowest BCUT2D eigenvalue weighted by Gasteiger charge is -2.27. The molecule has 0 atom stereocenters. The lowest BCUT2D eigenvalue weighted by atomic mass is 9.92. The minimum absolute atomic E-state index is 0.227. The Morgan fingerprint density at radius 3 is 2.81 bits per heavy atom. The van der Waals surface area contributed by atoms with Crippen molar-refractivity contribution in [3.05, 3.63) is 48.3 Å². The number of carboxylic acids is 1. The predicted octanol–water partition coefficient (Wildman–Crippen LogP) is 2.85. The van der Waals surface area contributed by atoms with Crippen molar-refractivity contribution >= 4 is 28.8 Å². The Labute approximate surface area is 156 Å². The first-order valence-corrected chi connectivity index (χ1v) is 9.05. The first kappa shape index (κ1) is 17.3. The number of aromatic nitrogens is 3. The van der Waals surface area contributed by atoms with E-state index in [4.69, 9.17) is 5.73 Å². The zero-order valence-electron chi connectivity index (χ0n) is 14.8. The molecule has 2 aromatic heterocycles. The molecule has 0 saturated heterocycles. The molecule has 140 valence electrons. The van der Waals surface area contributed by atoms with Gasteiger partial charge in [0.25, 0.3) is 0 Å². The van der Waals surface area contributed by atoms with Crippen molar-refractivity contribution in [3.8, 4) is 0 Å². The molecule has 27 heavy (non-hydrogen) atoms. The number of hydrogen-bond acceptors (Lipinski definition) is 6. The van der Waals surface area contributed by atoms with Crippen molar-refractivity contribution in [1.82, 2.24) is 14.6 Å². The summed E-state index contributed by atoms with van der Waals surface area (Å²) < 4.78 is 1.71. The van der Waals surface area contributed by atoms with Crippen LogP contribution < -0.4 is 16.4 Å². The molecule has 4 rings (SSSR count). The Hall–Kier alpha value is -3.13. The topological polar surface area (TPSA) is 118 Å². The Kier molecular flexibility index (Phi) is 4.64. The average Bonchev–Trinajstić information content (AvgIpc) is 3.13. The number of rotatable bonds is 5. The fourth-order valence-corrected chi connectivity index (χ4v) is 3.44. The van der Waals surface area contributed by atoms with Crippen LogP contribution in [0.15, 0.2) is 42.7 Å². The molecule has 0 aliphatic heterocycles.